The summed E-state index contributed by atoms with van der Waals surface area (Å²) in [6.07, 6.45) is -0.199. The summed E-state index contributed by atoms with van der Waals surface area (Å²) in [5.74, 6) is 0.728. The van der Waals surface area contributed by atoms with Gasteiger partial charge in [-0.15, -0.1) is 0 Å². The molecule has 0 saturated carbocycles. The van der Waals surface area contributed by atoms with Gasteiger partial charge in [-0.3, -0.25) is 20.2 Å². The Morgan fingerprint density at radius 1 is 0.800 bits per heavy atom. The first kappa shape index (κ1) is 18.4. The zero-order valence-electron chi connectivity index (χ0n) is 13.2. The minimum absolute atomic E-state index is 0.0615. The van der Waals surface area contributed by atoms with Crippen molar-refractivity contribution in [1.29, 1.82) is 0 Å². The molecule has 0 fully saturated rings. The van der Waals surface area contributed by atoms with Gasteiger partial charge in [-0.05, 0) is 30.9 Å². The van der Waals surface area contributed by atoms with Crippen molar-refractivity contribution < 1.29 is 23.9 Å². The van der Waals surface area contributed by atoms with E-state index in [4.69, 9.17) is 9.47 Å². The summed E-state index contributed by atoms with van der Waals surface area (Å²) in [7, 11) is -2.80. The largest absolute Gasteiger partial charge is 0.486 e. The number of hydrogen-bond acceptors (Lipinski definition) is 7. The second-order valence-corrected chi connectivity index (χ2v) is 8.46. The molecule has 25 heavy (non-hydrogen) atoms. The molecule has 0 bridgehead atoms. The number of nitro groups is 2. The zero-order valence-corrected chi connectivity index (χ0v) is 14.1. The lowest BCUT2D eigenvalue weighted by molar-refractivity contribution is -0.385. The van der Waals surface area contributed by atoms with Crippen LogP contribution in [0.5, 0.6) is 11.5 Å². The summed E-state index contributed by atoms with van der Waals surface area (Å²) in [4.78, 5) is 20.1. The van der Waals surface area contributed by atoms with E-state index in [0.29, 0.717) is 11.5 Å². The van der Waals surface area contributed by atoms with E-state index in [0.717, 1.165) is 0 Å². The van der Waals surface area contributed by atoms with Crippen molar-refractivity contribution in [3.8, 4) is 11.5 Å². The Kier molecular flexibility index (Phi) is 5.71. The van der Waals surface area contributed by atoms with Crippen molar-refractivity contribution >= 4 is 18.5 Å². The Morgan fingerprint density at radius 2 is 1.12 bits per heavy atom. The molecule has 0 N–H and O–H groups in total. The van der Waals surface area contributed by atoms with Crippen LogP contribution >= 0.6 is 7.14 Å². The van der Waals surface area contributed by atoms with Crippen LogP contribution in [0.3, 0.4) is 0 Å². The van der Waals surface area contributed by atoms with E-state index >= 15 is 0 Å². The second kappa shape index (κ2) is 7.76. The molecule has 2 rings (SSSR count). The van der Waals surface area contributed by atoms with Gasteiger partial charge in [0, 0.05) is 24.3 Å². The molecule has 0 heterocycles. The van der Waals surface area contributed by atoms with Crippen molar-refractivity contribution in [2.75, 3.05) is 19.4 Å². The number of nitro benzene ring substituents is 2. The standard InChI is InChI=1S/C15H15N2O7P/c1-25(22,10-23-14-6-2-12(3-7-14)16(18)19)11-24-15-8-4-13(5-9-15)17(20)21/h2-9H,10-11H2,1H3. The first-order chi connectivity index (χ1) is 11.8. The smallest absolute Gasteiger partial charge is 0.269 e. The Bertz CT molecular complexity index is 740. The van der Waals surface area contributed by atoms with Crippen LogP contribution in [0.1, 0.15) is 0 Å². The lowest BCUT2D eigenvalue weighted by atomic mass is 10.3. The van der Waals surface area contributed by atoms with Gasteiger partial charge in [0.15, 0.2) is 7.14 Å². The average molecular weight is 366 g/mol. The molecule has 0 spiro atoms. The Morgan fingerprint density at radius 3 is 1.40 bits per heavy atom. The first-order valence-electron chi connectivity index (χ1n) is 7.07. The molecule has 0 aliphatic heterocycles. The maximum absolute atomic E-state index is 12.4. The fourth-order valence-electron chi connectivity index (χ4n) is 1.79. The van der Waals surface area contributed by atoms with Crippen LogP contribution in [0, 0.1) is 20.2 Å². The second-order valence-electron chi connectivity index (χ2n) is 5.35. The van der Waals surface area contributed by atoms with E-state index in [1.165, 1.54) is 55.2 Å². The van der Waals surface area contributed by atoms with Crippen molar-refractivity contribution in [2.24, 2.45) is 0 Å². The van der Waals surface area contributed by atoms with Gasteiger partial charge in [0.25, 0.3) is 11.4 Å². The van der Waals surface area contributed by atoms with Crippen LogP contribution < -0.4 is 9.47 Å². The van der Waals surface area contributed by atoms with Gasteiger partial charge in [-0.1, -0.05) is 0 Å². The molecule has 2 aromatic rings. The van der Waals surface area contributed by atoms with Crippen molar-refractivity contribution in [3.05, 3.63) is 68.8 Å². The topological polar surface area (TPSA) is 122 Å². The van der Waals surface area contributed by atoms with Crippen LogP contribution in [0.15, 0.2) is 48.5 Å². The van der Waals surface area contributed by atoms with Gasteiger partial charge < -0.3 is 14.0 Å². The predicted octanol–water partition coefficient (Wildman–Crippen LogP) is 3.87. The van der Waals surface area contributed by atoms with E-state index < -0.39 is 17.0 Å². The predicted molar refractivity (Wildman–Crippen MR) is 90.7 cm³/mol. The van der Waals surface area contributed by atoms with Crippen LogP contribution in [-0.2, 0) is 4.57 Å². The normalized spacial score (nSPS) is 10.9. The summed E-state index contributed by atoms with van der Waals surface area (Å²) in [5.41, 5.74) is -0.123. The summed E-state index contributed by atoms with van der Waals surface area (Å²) in [6.45, 7) is 1.50. The number of rotatable bonds is 8. The quantitative estimate of drug-likeness (QED) is 0.395. The molecule has 0 saturated heterocycles. The number of non-ortho nitro benzene ring substituents is 2. The first-order valence-corrected chi connectivity index (χ1v) is 9.59. The Labute approximate surface area is 142 Å². The van der Waals surface area contributed by atoms with E-state index in [1.807, 2.05) is 0 Å². The third-order valence-corrected chi connectivity index (χ3v) is 4.45. The number of benzene rings is 2. The Hall–Kier alpha value is -2.93. The Balaban J connectivity index is 1.87. The molecule has 2 aromatic carbocycles. The van der Waals surface area contributed by atoms with Crippen LogP contribution in [0.4, 0.5) is 11.4 Å². The molecule has 0 atom stereocenters. The van der Waals surface area contributed by atoms with Crippen LogP contribution in [0.25, 0.3) is 0 Å². The molecule has 0 aromatic heterocycles. The average Bonchev–Trinajstić information content (AvgIpc) is 2.59. The molecular formula is C15H15N2O7P. The van der Waals surface area contributed by atoms with Gasteiger partial charge in [0.05, 0.1) is 9.85 Å². The van der Waals surface area contributed by atoms with Gasteiger partial charge in [0.2, 0.25) is 0 Å². The number of hydrogen-bond donors (Lipinski definition) is 0. The lowest BCUT2D eigenvalue weighted by Crippen LogP contribution is -2.06. The highest BCUT2D eigenvalue weighted by Crippen LogP contribution is 2.41. The summed E-state index contributed by atoms with van der Waals surface area (Å²) >= 11 is 0. The molecule has 132 valence electrons. The SMILES string of the molecule is CP(=O)(COc1ccc([N+](=O)[O-])cc1)COc1ccc([N+](=O)[O-])cc1. The van der Waals surface area contributed by atoms with Crippen LogP contribution in [-0.4, -0.2) is 29.2 Å². The highest BCUT2D eigenvalue weighted by Gasteiger charge is 2.18. The minimum Gasteiger partial charge on any atom is -0.486 e. The molecule has 0 radical (unpaired) electrons. The maximum atomic E-state index is 12.4. The monoisotopic (exact) mass is 366 g/mol. The fourth-order valence-corrected chi connectivity index (χ4v) is 2.71. The summed E-state index contributed by atoms with van der Waals surface area (Å²) in [5, 5.41) is 21.1. The number of nitrogens with zero attached hydrogens (tertiary/aromatic N) is 2. The van der Waals surface area contributed by atoms with Gasteiger partial charge in [0.1, 0.15) is 24.2 Å². The maximum Gasteiger partial charge on any atom is 0.269 e. The molecule has 9 nitrogen and oxygen atoms in total. The lowest BCUT2D eigenvalue weighted by Gasteiger charge is -2.15. The van der Waals surface area contributed by atoms with E-state index in [9.17, 15) is 24.8 Å². The van der Waals surface area contributed by atoms with Gasteiger partial charge in [-0.25, -0.2) is 0 Å². The minimum atomic E-state index is -2.80. The zero-order chi connectivity index (χ0) is 18.4. The third-order valence-electron chi connectivity index (χ3n) is 3.10. The highest BCUT2D eigenvalue weighted by molar-refractivity contribution is 7.62. The number of ether oxygens (including phenoxy) is 2. The van der Waals surface area contributed by atoms with E-state index in [2.05, 4.69) is 0 Å². The van der Waals surface area contributed by atoms with Crippen molar-refractivity contribution in [3.63, 3.8) is 0 Å². The third kappa shape index (κ3) is 5.58. The molecule has 0 aliphatic carbocycles. The molecule has 10 heteroatoms. The van der Waals surface area contributed by atoms with Crippen LogP contribution in [0.2, 0.25) is 0 Å². The summed E-state index contributed by atoms with van der Waals surface area (Å²) in [6, 6.07) is 10.9. The fraction of sp³-hybridized carbons (Fsp3) is 0.200. The van der Waals surface area contributed by atoms with E-state index in [1.54, 1.807) is 0 Å². The highest BCUT2D eigenvalue weighted by atomic mass is 31.2. The molecule has 0 amide bonds. The molecular weight excluding hydrogens is 351 g/mol. The van der Waals surface area contributed by atoms with E-state index in [-0.39, 0.29) is 24.1 Å². The van der Waals surface area contributed by atoms with Gasteiger partial charge >= 0.3 is 0 Å². The molecule has 0 unspecified atom stereocenters. The summed E-state index contributed by atoms with van der Waals surface area (Å²) < 4.78 is 23.2. The van der Waals surface area contributed by atoms with Crippen molar-refractivity contribution in [2.45, 2.75) is 0 Å². The molecule has 0 aliphatic rings. The van der Waals surface area contributed by atoms with Crippen molar-refractivity contribution in [1.82, 2.24) is 0 Å². The van der Waals surface area contributed by atoms with Gasteiger partial charge in [-0.2, -0.15) is 0 Å².